The van der Waals surface area contributed by atoms with Gasteiger partial charge in [-0.3, -0.25) is 4.79 Å². The molecule has 112 valence electrons. The second-order valence-electron chi connectivity index (χ2n) is 6.20. The zero-order chi connectivity index (χ0) is 15.1. The number of carbonyl (C=O) groups is 1. The van der Waals surface area contributed by atoms with E-state index in [0.717, 1.165) is 36.4 Å². The molecule has 0 saturated carbocycles. The van der Waals surface area contributed by atoms with E-state index in [2.05, 4.69) is 40.3 Å². The molecule has 20 heavy (non-hydrogen) atoms. The highest BCUT2D eigenvalue weighted by atomic mass is 32.1. The smallest absolute Gasteiger partial charge is 0.253 e. The molecule has 0 aromatic heterocycles. The maximum atomic E-state index is 12.6. The van der Waals surface area contributed by atoms with Gasteiger partial charge in [-0.2, -0.15) is 0 Å². The van der Waals surface area contributed by atoms with Gasteiger partial charge in [0.15, 0.2) is 0 Å². The van der Waals surface area contributed by atoms with Gasteiger partial charge >= 0.3 is 0 Å². The van der Waals surface area contributed by atoms with Crippen molar-refractivity contribution in [3.8, 4) is 0 Å². The molecule has 0 aliphatic rings. The molecule has 0 bridgehead atoms. The molecule has 2 nitrogen and oxygen atoms in total. The minimum absolute atomic E-state index is 0.139. The summed E-state index contributed by atoms with van der Waals surface area (Å²) in [7, 11) is 0. The number of nitrogens with zero attached hydrogens (tertiary/aromatic N) is 1. The number of benzene rings is 1. The fourth-order valence-corrected chi connectivity index (χ4v) is 2.08. The van der Waals surface area contributed by atoms with Gasteiger partial charge in [0, 0.05) is 23.5 Å². The lowest BCUT2D eigenvalue weighted by Gasteiger charge is -2.24. The molecular weight excluding hydrogens is 266 g/mol. The van der Waals surface area contributed by atoms with E-state index >= 15 is 0 Å². The molecule has 3 heteroatoms. The van der Waals surface area contributed by atoms with Gasteiger partial charge in [-0.1, -0.05) is 27.7 Å². The van der Waals surface area contributed by atoms with E-state index in [1.807, 2.05) is 29.2 Å². The zero-order valence-corrected chi connectivity index (χ0v) is 14.0. The molecular formula is C17H27NOS. The van der Waals surface area contributed by atoms with Crippen molar-refractivity contribution in [2.75, 3.05) is 13.1 Å². The van der Waals surface area contributed by atoms with Crippen molar-refractivity contribution < 1.29 is 4.79 Å². The molecule has 0 fully saturated rings. The summed E-state index contributed by atoms with van der Waals surface area (Å²) >= 11 is 4.26. The van der Waals surface area contributed by atoms with Gasteiger partial charge in [-0.05, 0) is 48.9 Å². The largest absolute Gasteiger partial charge is 0.339 e. The minimum Gasteiger partial charge on any atom is -0.339 e. The Kier molecular flexibility index (Phi) is 7.14. The molecule has 0 atom stereocenters. The van der Waals surface area contributed by atoms with Crippen molar-refractivity contribution in [3.05, 3.63) is 29.8 Å². The van der Waals surface area contributed by atoms with Gasteiger partial charge in [0.2, 0.25) is 0 Å². The first-order valence-corrected chi connectivity index (χ1v) is 7.93. The van der Waals surface area contributed by atoms with Gasteiger partial charge in [-0.25, -0.2) is 0 Å². The van der Waals surface area contributed by atoms with Crippen LogP contribution in [0, 0.1) is 11.8 Å². The van der Waals surface area contributed by atoms with Gasteiger partial charge in [0.05, 0.1) is 0 Å². The molecule has 1 aromatic carbocycles. The monoisotopic (exact) mass is 293 g/mol. The number of rotatable bonds is 7. The van der Waals surface area contributed by atoms with E-state index in [1.54, 1.807) is 0 Å². The highest BCUT2D eigenvalue weighted by Gasteiger charge is 2.16. The Morgan fingerprint density at radius 3 is 1.85 bits per heavy atom. The maximum absolute atomic E-state index is 12.6. The summed E-state index contributed by atoms with van der Waals surface area (Å²) in [5, 5.41) is 0. The van der Waals surface area contributed by atoms with Gasteiger partial charge in [-0.15, -0.1) is 12.6 Å². The van der Waals surface area contributed by atoms with Crippen LogP contribution in [-0.2, 0) is 0 Å². The molecule has 1 rings (SSSR count). The van der Waals surface area contributed by atoms with Crippen molar-refractivity contribution in [3.63, 3.8) is 0 Å². The van der Waals surface area contributed by atoms with Crippen LogP contribution in [0.1, 0.15) is 50.9 Å². The van der Waals surface area contributed by atoms with Gasteiger partial charge in [0.1, 0.15) is 0 Å². The molecule has 0 aliphatic carbocycles. The van der Waals surface area contributed by atoms with Crippen LogP contribution in [0.3, 0.4) is 0 Å². The summed E-state index contributed by atoms with van der Waals surface area (Å²) in [4.78, 5) is 15.5. The summed E-state index contributed by atoms with van der Waals surface area (Å²) in [6.07, 6.45) is 2.10. The van der Waals surface area contributed by atoms with Crippen molar-refractivity contribution in [2.45, 2.75) is 45.4 Å². The molecule has 1 amide bonds. The van der Waals surface area contributed by atoms with Gasteiger partial charge < -0.3 is 4.90 Å². The Morgan fingerprint density at radius 2 is 1.45 bits per heavy atom. The van der Waals surface area contributed by atoms with Crippen LogP contribution in [-0.4, -0.2) is 23.9 Å². The minimum atomic E-state index is 0.139. The standard InChI is InChI=1S/C17H27NOS/c1-13(2)9-11-18(12-10-14(3)4)17(19)15-5-7-16(20)8-6-15/h5-8,13-14,20H,9-12H2,1-4H3. The Hall–Kier alpha value is -0.960. The molecule has 0 aliphatic heterocycles. The lowest BCUT2D eigenvalue weighted by Crippen LogP contribution is -2.34. The first-order valence-electron chi connectivity index (χ1n) is 7.48. The van der Waals surface area contributed by atoms with Crippen molar-refractivity contribution in [2.24, 2.45) is 11.8 Å². The average molecular weight is 293 g/mol. The van der Waals surface area contributed by atoms with Crippen LogP contribution < -0.4 is 0 Å². The van der Waals surface area contributed by atoms with E-state index in [1.165, 1.54) is 0 Å². The summed E-state index contributed by atoms with van der Waals surface area (Å²) in [5.41, 5.74) is 0.760. The Bertz CT molecular complexity index is 400. The number of amides is 1. The highest BCUT2D eigenvalue weighted by Crippen LogP contribution is 2.13. The number of hydrogen-bond donors (Lipinski definition) is 1. The molecule has 0 saturated heterocycles. The summed E-state index contributed by atoms with van der Waals surface area (Å²) < 4.78 is 0. The van der Waals surface area contributed by atoms with Crippen molar-refractivity contribution in [1.82, 2.24) is 4.90 Å². The Balaban J connectivity index is 2.74. The third-order valence-electron chi connectivity index (χ3n) is 3.35. The molecule has 1 aromatic rings. The van der Waals surface area contributed by atoms with E-state index in [4.69, 9.17) is 0 Å². The van der Waals surface area contributed by atoms with Crippen LogP contribution in [0.15, 0.2) is 29.2 Å². The SMILES string of the molecule is CC(C)CCN(CCC(C)C)C(=O)c1ccc(S)cc1. The zero-order valence-electron chi connectivity index (χ0n) is 13.1. The molecule has 0 radical (unpaired) electrons. The van der Waals surface area contributed by atoms with Crippen LogP contribution >= 0.6 is 12.6 Å². The van der Waals surface area contributed by atoms with Crippen LogP contribution in [0.2, 0.25) is 0 Å². The molecule has 0 spiro atoms. The fourth-order valence-electron chi connectivity index (χ4n) is 1.93. The fraction of sp³-hybridized carbons (Fsp3) is 0.588. The lowest BCUT2D eigenvalue weighted by atomic mass is 10.1. The predicted molar refractivity (Wildman–Crippen MR) is 88.5 cm³/mol. The Labute approximate surface area is 129 Å². The van der Waals surface area contributed by atoms with Crippen molar-refractivity contribution >= 4 is 18.5 Å². The van der Waals surface area contributed by atoms with Crippen LogP contribution in [0.4, 0.5) is 0 Å². The molecule has 0 heterocycles. The topological polar surface area (TPSA) is 20.3 Å². The summed E-state index contributed by atoms with van der Waals surface area (Å²) in [5.74, 6) is 1.37. The number of carbonyl (C=O) groups excluding carboxylic acids is 1. The van der Waals surface area contributed by atoms with Crippen LogP contribution in [0.25, 0.3) is 0 Å². The third kappa shape index (κ3) is 6.00. The van der Waals surface area contributed by atoms with Crippen molar-refractivity contribution in [1.29, 1.82) is 0 Å². The van der Waals surface area contributed by atoms with Crippen LogP contribution in [0.5, 0.6) is 0 Å². The van der Waals surface area contributed by atoms with Gasteiger partial charge in [0.25, 0.3) is 5.91 Å². The summed E-state index contributed by atoms with van der Waals surface area (Å²) in [6.45, 7) is 10.5. The third-order valence-corrected chi connectivity index (χ3v) is 3.65. The number of hydrogen-bond acceptors (Lipinski definition) is 2. The Morgan fingerprint density at radius 1 is 1.00 bits per heavy atom. The normalized spacial score (nSPS) is 11.2. The second-order valence-corrected chi connectivity index (χ2v) is 6.72. The van der Waals surface area contributed by atoms with E-state index in [9.17, 15) is 4.79 Å². The van der Waals surface area contributed by atoms with E-state index < -0.39 is 0 Å². The predicted octanol–water partition coefficient (Wildman–Crippen LogP) is 4.51. The van der Waals surface area contributed by atoms with E-state index in [-0.39, 0.29) is 5.91 Å². The summed E-state index contributed by atoms with van der Waals surface area (Å²) in [6, 6.07) is 7.48. The molecule has 0 N–H and O–H groups in total. The molecule has 0 unspecified atom stereocenters. The average Bonchev–Trinajstić information content (AvgIpc) is 2.38. The number of thiol groups is 1. The second kappa shape index (κ2) is 8.35. The quantitative estimate of drug-likeness (QED) is 0.733. The highest BCUT2D eigenvalue weighted by molar-refractivity contribution is 7.80. The lowest BCUT2D eigenvalue weighted by molar-refractivity contribution is 0.0741. The first kappa shape index (κ1) is 17.1. The first-order chi connectivity index (χ1) is 9.40. The maximum Gasteiger partial charge on any atom is 0.253 e. The van der Waals surface area contributed by atoms with E-state index in [0.29, 0.717) is 11.8 Å².